The molecule has 1 aliphatic rings. The molecular weight excluding hydrogens is 374 g/mol. The first-order chi connectivity index (χ1) is 13.5. The smallest absolute Gasteiger partial charge is 0.348 e. The van der Waals surface area contributed by atoms with Gasteiger partial charge in [0, 0.05) is 23.9 Å². The molecule has 1 N–H and O–H groups in total. The fourth-order valence-corrected chi connectivity index (χ4v) is 4.47. The van der Waals surface area contributed by atoms with E-state index >= 15 is 0 Å². The largest absolute Gasteiger partial charge is 0.453 e. The van der Waals surface area contributed by atoms with Crippen LogP contribution in [-0.4, -0.2) is 24.3 Å². The number of amides is 1. The third kappa shape index (κ3) is 5.07. The maximum Gasteiger partial charge on any atom is 0.348 e. The molecule has 6 heteroatoms. The first kappa shape index (κ1) is 20.3. The molecule has 0 aliphatic heterocycles. The van der Waals surface area contributed by atoms with Crippen molar-refractivity contribution in [3.05, 3.63) is 56.8 Å². The Balaban J connectivity index is 1.54. The van der Waals surface area contributed by atoms with Crippen LogP contribution in [0, 0.1) is 5.92 Å². The number of Topliss-reactive ketones (excluding diaryl/α,β-unsaturated/α-hetero) is 1. The molecule has 1 aromatic carbocycles. The number of carbonyl (C=O) groups excluding carboxylic acids is 3. The summed E-state index contributed by atoms with van der Waals surface area (Å²) in [5.41, 5.74) is 2.64. The highest BCUT2D eigenvalue weighted by molar-refractivity contribution is 7.14. The minimum Gasteiger partial charge on any atom is -0.453 e. The average Bonchev–Trinajstić information content (AvgIpc) is 3.13. The molecule has 1 aliphatic carbocycles. The third-order valence-corrected chi connectivity index (χ3v) is 6.33. The van der Waals surface area contributed by atoms with Crippen LogP contribution in [0.5, 0.6) is 0 Å². The van der Waals surface area contributed by atoms with Crippen LogP contribution >= 0.6 is 11.3 Å². The Labute approximate surface area is 169 Å². The second kappa shape index (κ2) is 9.15. The van der Waals surface area contributed by atoms with E-state index in [0.717, 1.165) is 24.8 Å². The van der Waals surface area contributed by atoms with Crippen molar-refractivity contribution in [3.63, 3.8) is 0 Å². The molecule has 0 saturated carbocycles. The number of nitrogens with one attached hydrogen (secondary N) is 1. The summed E-state index contributed by atoms with van der Waals surface area (Å²) in [7, 11) is 0. The Morgan fingerprint density at radius 1 is 1.21 bits per heavy atom. The number of ketones is 1. The Morgan fingerprint density at radius 3 is 2.64 bits per heavy atom. The summed E-state index contributed by atoms with van der Waals surface area (Å²) >= 11 is 1.49. The molecule has 0 saturated heterocycles. The lowest BCUT2D eigenvalue weighted by Gasteiger charge is -2.19. The number of rotatable bonds is 7. The van der Waals surface area contributed by atoms with Crippen molar-refractivity contribution in [2.45, 2.75) is 46.1 Å². The van der Waals surface area contributed by atoms with Crippen molar-refractivity contribution in [3.8, 4) is 0 Å². The quantitative estimate of drug-likeness (QED) is 0.565. The van der Waals surface area contributed by atoms with E-state index in [1.54, 1.807) is 24.3 Å². The van der Waals surface area contributed by atoms with Crippen LogP contribution < -0.4 is 5.32 Å². The lowest BCUT2D eigenvalue weighted by Crippen LogP contribution is -2.19. The van der Waals surface area contributed by atoms with Gasteiger partial charge in [0.1, 0.15) is 4.88 Å². The molecule has 148 valence electrons. The summed E-state index contributed by atoms with van der Waals surface area (Å²) in [5, 5.41) is 2.70. The summed E-state index contributed by atoms with van der Waals surface area (Å²) in [5.74, 6) is -0.0800. The molecule has 3 rings (SSSR count). The Morgan fingerprint density at radius 2 is 1.96 bits per heavy atom. The highest BCUT2D eigenvalue weighted by Crippen LogP contribution is 2.33. The van der Waals surface area contributed by atoms with E-state index in [0.29, 0.717) is 22.9 Å². The monoisotopic (exact) mass is 399 g/mol. The Hall–Kier alpha value is -2.47. The van der Waals surface area contributed by atoms with E-state index in [1.807, 2.05) is 6.07 Å². The second-order valence-corrected chi connectivity index (χ2v) is 8.32. The van der Waals surface area contributed by atoms with Crippen LogP contribution in [0.1, 0.15) is 62.7 Å². The van der Waals surface area contributed by atoms with Gasteiger partial charge in [0.25, 0.3) is 0 Å². The van der Waals surface area contributed by atoms with Gasteiger partial charge in [-0.1, -0.05) is 37.6 Å². The average molecular weight is 400 g/mol. The number of carbonyl (C=O) groups is 3. The summed E-state index contributed by atoms with van der Waals surface area (Å²) in [6.45, 7) is 3.80. The zero-order chi connectivity index (χ0) is 20.1. The van der Waals surface area contributed by atoms with Gasteiger partial charge < -0.3 is 10.1 Å². The number of thiophene rings is 1. The molecule has 1 amide bonds. The normalized spacial score (nSPS) is 15.6. The van der Waals surface area contributed by atoms with Gasteiger partial charge in [-0.15, -0.1) is 11.3 Å². The number of hydrogen-bond acceptors (Lipinski definition) is 5. The predicted molar refractivity (Wildman–Crippen MR) is 109 cm³/mol. The molecule has 2 aromatic rings. The molecule has 0 fully saturated rings. The molecule has 28 heavy (non-hydrogen) atoms. The van der Waals surface area contributed by atoms with E-state index < -0.39 is 5.97 Å². The van der Waals surface area contributed by atoms with Crippen LogP contribution in [0.3, 0.4) is 0 Å². The summed E-state index contributed by atoms with van der Waals surface area (Å²) < 4.78 is 5.25. The van der Waals surface area contributed by atoms with Gasteiger partial charge in [0.05, 0.1) is 0 Å². The van der Waals surface area contributed by atoms with Crippen LogP contribution in [0.4, 0.5) is 0 Å². The molecular formula is C22H25NO4S. The number of benzene rings is 1. The standard InChI is InChI=1S/C22H25NO4S/c1-3-15-6-9-20-18(10-15)11-21(28-20)22(26)27-13-19(25)17-7-4-16(5-8-17)12-23-14(2)24/h4-5,7-8,11,15H,3,6,9-10,12-13H2,1-2H3,(H,23,24)/t15-/m1/s1. The summed E-state index contributed by atoms with van der Waals surface area (Å²) in [6.07, 6.45) is 4.39. The first-order valence-electron chi connectivity index (χ1n) is 9.61. The molecule has 1 atom stereocenters. The van der Waals surface area contributed by atoms with Gasteiger partial charge in [-0.2, -0.15) is 0 Å². The molecule has 1 aromatic heterocycles. The fraction of sp³-hybridized carbons (Fsp3) is 0.409. The second-order valence-electron chi connectivity index (χ2n) is 7.18. The van der Waals surface area contributed by atoms with Crippen LogP contribution in [0.2, 0.25) is 0 Å². The van der Waals surface area contributed by atoms with Gasteiger partial charge >= 0.3 is 5.97 Å². The van der Waals surface area contributed by atoms with Gasteiger partial charge in [-0.25, -0.2) is 4.79 Å². The van der Waals surface area contributed by atoms with Crippen LogP contribution in [0.25, 0.3) is 0 Å². The van der Waals surface area contributed by atoms with E-state index in [-0.39, 0.29) is 18.3 Å². The van der Waals surface area contributed by atoms with E-state index in [9.17, 15) is 14.4 Å². The summed E-state index contributed by atoms with van der Waals surface area (Å²) in [4.78, 5) is 37.4. The molecule has 0 unspecified atom stereocenters. The molecule has 0 spiro atoms. The highest BCUT2D eigenvalue weighted by atomic mass is 32.1. The fourth-order valence-electron chi connectivity index (χ4n) is 3.37. The Bertz CT molecular complexity index is 869. The zero-order valence-corrected chi connectivity index (χ0v) is 17.1. The number of fused-ring (bicyclic) bond motifs is 1. The number of esters is 1. The third-order valence-electron chi connectivity index (χ3n) is 5.12. The van der Waals surface area contributed by atoms with E-state index in [2.05, 4.69) is 12.2 Å². The van der Waals surface area contributed by atoms with E-state index in [1.165, 1.54) is 35.1 Å². The number of ether oxygens (including phenoxy) is 1. The van der Waals surface area contributed by atoms with Crippen molar-refractivity contribution in [1.29, 1.82) is 0 Å². The summed E-state index contributed by atoms with van der Waals surface area (Å²) in [6, 6.07) is 8.86. The van der Waals surface area contributed by atoms with Crippen molar-refractivity contribution in [2.75, 3.05) is 6.61 Å². The van der Waals surface area contributed by atoms with Crippen molar-refractivity contribution in [2.24, 2.45) is 5.92 Å². The first-order valence-corrected chi connectivity index (χ1v) is 10.4. The SMILES string of the molecule is CC[C@@H]1CCc2sc(C(=O)OCC(=O)c3ccc(CNC(C)=O)cc3)cc2C1. The van der Waals surface area contributed by atoms with Crippen LogP contribution in [0.15, 0.2) is 30.3 Å². The molecule has 1 heterocycles. The van der Waals surface area contributed by atoms with Crippen molar-refractivity contribution in [1.82, 2.24) is 5.32 Å². The lowest BCUT2D eigenvalue weighted by molar-refractivity contribution is -0.119. The Kier molecular flexibility index (Phi) is 6.62. The molecule has 0 radical (unpaired) electrons. The number of hydrogen-bond donors (Lipinski definition) is 1. The lowest BCUT2D eigenvalue weighted by atomic mass is 9.87. The van der Waals surface area contributed by atoms with Gasteiger partial charge in [-0.05, 0) is 42.4 Å². The predicted octanol–water partition coefficient (Wildman–Crippen LogP) is 3.94. The van der Waals surface area contributed by atoms with Crippen molar-refractivity contribution < 1.29 is 19.1 Å². The maximum absolute atomic E-state index is 12.3. The molecule has 5 nitrogen and oxygen atoms in total. The van der Waals surface area contributed by atoms with E-state index in [4.69, 9.17) is 4.74 Å². The topological polar surface area (TPSA) is 72.5 Å². The molecule has 0 bridgehead atoms. The highest BCUT2D eigenvalue weighted by Gasteiger charge is 2.23. The van der Waals surface area contributed by atoms with Gasteiger partial charge in [0.2, 0.25) is 5.91 Å². The number of aryl methyl sites for hydroxylation is 1. The minimum atomic E-state index is -0.428. The minimum absolute atomic E-state index is 0.104. The maximum atomic E-state index is 12.3. The van der Waals surface area contributed by atoms with Crippen LogP contribution in [-0.2, 0) is 28.9 Å². The van der Waals surface area contributed by atoms with Gasteiger partial charge in [0.15, 0.2) is 12.4 Å². The zero-order valence-electron chi connectivity index (χ0n) is 16.2. The van der Waals surface area contributed by atoms with Gasteiger partial charge in [-0.3, -0.25) is 9.59 Å². The van der Waals surface area contributed by atoms with Crippen molar-refractivity contribution >= 4 is 29.0 Å².